The standard InChI is InChI=1S/C11H17NO3/c1-4-5-6-7-9(13)12-11(2,3)8-10(14)15/h4-7H,8H2,1-3H3,(H,12,13)(H,14,15). The highest BCUT2D eigenvalue weighted by atomic mass is 16.4. The molecule has 0 atom stereocenters. The van der Waals surface area contributed by atoms with E-state index in [-0.39, 0.29) is 12.3 Å². The third-order valence-electron chi connectivity index (χ3n) is 1.61. The fraction of sp³-hybridized carbons (Fsp3) is 0.455. The van der Waals surface area contributed by atoms with Crippen molar-refractivity contribution < 1.29 is 14.7 Å². The third-order valence-corrected chi connectivity index (χ3v) is 1.61. The van der Waals surface area contributed by atoms with Crippen molar-refractivity contribution in [2.24, 2.45) is 0 Å². The molecule has 4 heteroatoms. The maximum absolute atomic E-state index is 11.3. The van der Waals surface area contributed by atoms with E-state index in [9.17, 15) is 9.59 Å². The van der Waals surface area contributed by atoms with Crippen LogP contribution in [0.15, 0.2) is 24.3 Å². The van der Waals surface area contributed by atoms with Crippen molar-refractivity contribution >= 4 is 11.9 Å². The van der Waals surface area contributed by atoms with Crippen molar-refractivity contribution in [2.45, 2.75) is 32.7 Å². The lowest BCUT2D eigenvalue weighted by molar-refractivity contribution is -0.138. The van der Waals surface area contributed by atoms with E-state index in [0.717, 1.165) is 0 Å². The molecule has 0 unspecified atom stereocenters. The molecule has 0 aliphatic carbocycles. The minimum atomic E-state index is -0.933. The van der Waals surface area contributed by atoms with Gasteiger partial charge >= 0.3 is 5.97 Å². The Hall–Kier alpha value is -1.58. The lowest BCUT2D eigenvalue weighted by Crippen LogP contribution is -2.44. The first kappa shape index (κ1) is 13.4. The maximum atomic E-state index is 11.3. The molecule has 1 amide bonds. The lowest BCUT2D eigenvalue weighted by Gasteiger charge is -2.23. The quantitative estimate of drug-likeness (QED) is 0.535. The molecule has 84 valence electrons. The minimum Gasteiger partial charge on any atom is -0.481 e. The van der Waals surface area contributed by atoms with E-state index in [1.807, 2.05) is 6.92 Å². The van der Waals surface area contributed by atoms with Crippen LogP contribution < -0.4 is 5.32 Å². The zero-order chi connectivity index (χ0) is 11.9. The van der Waals surface area contributed by atoms with Crippen LogP contribution in [0.25, 0.3) is 0 Å². The summed E-state index contributed by atoms with van der Waals surface area (Å²) in [5.74, 6) is -1.22. The van der Waals surface area contributed by atoms with Crippen LogP contribution in [0.2, 0.25) is 0 Å². The molecule has 0 radical (unpaired) electrons. The molecule has 0 aromatic rings. The second-order valence-electron chi connectivity index (χ2n) is 3.83. The van der Waals surface area contributed by atoms with Gasteiger partial charge in [-0.3, -0.25) is 9.59 Å². The number of rotatable bonds is 5. The van der Waals surface area contributed by atoms with Gasteiger partial charge in [0.05, 0.1) is 6.42 Å². The third kappa shape index (κ3) is 7.49. The molecule has 0 spiro atoms. The molecule has 0 saturated heterocycles. The second-order valence-corrected chi connectivity index (χ2v) is 3.83. The Morgan fingerprint density at radius 3 is 2.40 bits per heavy atom. The van der Waals surface area contributed by atoms with Crippen molar-refractivity contribution in [3.8, 4) is 0 Å². The van der Waals surface area contributed by atoms with Gasteiger partial charge in [-0.05, 0) is 20.8 Å². The molecule has 0 fully saturated rings. The highest BCUT2D eigenvalue weighted by molar-refractivity contribution is 5.88. The van der Waals surface area contributed by atoms with E-state index in [0.29, 0.717) is 0 Å². The molecular formula is C11H17NO3. The molecular weight excluding hydrogens is 194 g/mol. The normalized spacial score (nSPS) is 12.2. The first-order chi connectivity index (χ1) is 6.87. The van der Waals surface area contributed by atoms with E-state index >= 15 is 0 Å². The van der Waals surface area contributed by atoms with Gasteiger partial charge in [-0.15, -0.1) is 0 Å². The number of amides is 1. The summed E-state index contributed by atoms with van der Waals surface area (Å²) in [6, 6.07) is 0. The van der Waals surface area contributed by atoms with Gasteiger partial charge in [0.2, 0.25) is 5.91 Å². The summed E-state index contributed by atoms with van der Waals surface area (Å²) in [5, 5.41) is 11.2. The number of carboxylic acid groups (broad SMARTS) is 1. The number of hydrogen-bond donors (Lipinski definition) is 2. The number of hydrogen-bond acceptors (Lipinski definition) is 2. The zero-order valence-corrected chi connectivity index (χ0v) is 9.28. The van der Waals surface area contributed by atoms with Crippen LogP contribution in [-0.2, 0) is 9.59 Å². The Morgan fingerprint density at radius 1 is 1.33 bits per heavy atom. The van der Waals surface area contributed by atoms with Crippen molar-refractivity contribution in [2.75, 3.05) is 0 Å². The SMILES string of the molecule is CC=CC=CC(=O)NC(C)(C)CC(=O)O. The average Bonchev–Trinajstić information content (AvgIpc) is 2.00. The van der Waals surface area contributed by atoms with Gasteiger partial charge in [0.1, 0.15) is 0 Å². The minimum absolute atomic E-state index is 0.101. The first-order valence-electron chi connectivity index (χ1n) is 4.70. The summed E-state index contributed by atoms with van der Waals surface area (Å²) >= 11 is 0. The van der Waals surface area contributed by atoms with Crippen LogP contribution in [-0.4, -0.2) is 22.5 Å². The number of aliphatic carboxylic acids is 1. The molecule has 2 N–H and O–H groups in total. The largest absolute Gasteiger partial charge is 0.481 e. The van der Waals surface area contributed by atoms with Crippen molar-refractivity contribution in [3.63, 3.8) is 0 Å². The molecule has 4 nitrogen and oxygen atoms in total. The number of carbonyl (C=O) groups is 2. The van der Waals surface area contributed by atoms with Crippen molar-refractivity contribution in [1.82, 2.24) is 5.32 Å². The van der Waals surface area contributed by atoms with Crippen LogP contribution in [0, 0.1) is 0 Å². The van der Waals surface area contributed by atoms with Gasteiger partial charge in [-0.25, -0.2) is 0 Å². The number of allylic oxidation sites excluding steroid dienone is 3. The summed E-state index contributed by atoms with van der Waals surface area (Å²) in [6.45, 7) is 5.18. The Balaban J connectivity index is 4.21. The molecule has 0 aromatic carbocycles. The summed E-state index contributed by atoms with van der Waals surface area (Å²) in [7, 11) is 0. The van der Waals surface area contributed by atoms with E-state index in [1.165, 1.54) is 6.08 Å². The van der Waals surface area contributed by atoms with Crippen LogP contribution in [0.1, 0.15) is 27.2 Å². The van der Waals surface area contributed by atoms with Gasteiger partial charge in [0, 0.05) is 11.6 Å². The summed E-state index contributed by atoms with van der Waals surface area (Å²) in [6.07, 6.45) is 6.39. The Labute approximate surface area is 89.7 Å². The first-order valence-corrected chi connectivity index (χ1v) is 4.70. The van der Waals surface area contributed by atoms with E-state index in [4.69, 9.17) is 5.11 Å². The summed E-state index contributed by atoms with van der Waals surface area (Å²) in [5.41, 5.74) is -0.733. The number of carboxylic acids is 1. The molecule has 0 heterocycles. The van der Waals surface area contributed by atoms with Crippen LogP contribution in [0.5, 0.6) is 0 Å². The predicted molar refractivity (Wildman–Crippen MR) is 58.4 cm³/mol. The van der Waals surface area contributed by atoms with E-state index in [1.54, 1.807) is 32.1 Å². The van der Waals surface area contributed by atoms with Crippen molar-refractivity contribution in [3.05, 3.63) is 24.3 Å². The topological polar surface area (TPSA) is 66.4 Å². The molecule has 0 aliphatic heterocycles. The van der Waals surface area contributed by atoms with Crippen LogP contribution in [0.4, 0.5) is 0 Å². The van der Waals surface area contributed by atoms with Crippen molar-refractivity contribution in [1.29, 1.82) is 0 Å². The van der Waals surface area contributed by atoms with E-state index in [2.05, 4.69) is 5.32 Å². The molecule has 0 rings (SSSR count). The fourth-order valence-corrected chi connectivity index (χ4v) is 1.05. The van der Waals surface area contributed by atoms with Crippen LogP contribution >= 0.6 is 0 Å². The van der Waals surface area contributed by atoms with Gasteiger partial charge in [0.15, 0.2) is 0 Å². The Kier molecular flexibility index (Phi) is 5.37. The fourth-order valence-electron chi connectivity index (χ4n) is 1.05. The highest BCUT2D eigenvalue weighted by Crippen LogP contribution is 2.07. The molecule has 15 heavy (non-hydrogen) atoms. The summed E-state index contributed by atoms with van der Waals surface area (Å²) < 4.78 is 0. The number of carbonyl (C=O) groups excluding carboxylic acids is 1. The zero-order valence-electron chi connectivity index (χ0n) is 9.28. The Morgan fingerprint density at radius 2 is 1.93 bits per heavy atom. The number of nitrogens with one attached hydrogen (secondary N) is 1. The Bertz CT molecular complexity index is 290. The van der Waals surface area contributed by atoms with Crippen LogP contribution in [0.3, 0.4) is 0 Å². The van der Waals surface area contributed by atoms with Gasteiger partial charge in [-0.1, -0.05) is 18.2 Å². The molecule has 0 bridgehead atoms. The smallest absolute Gasteiger partial charge is 0.305 e. The van der Waals surface area contributed by atoms with Gasteiger partial charge in [-0.2, -0.15) is 0 Å². The monoisotopic (exact) mass is 211 g/mol. The van der Waals surface area contributed by atoms with Gasteiger partial charge in [0.25, 0.3) is 0 Å². The highest BCUT2D eigenvalue weighted by Gasteiger charge is 2.22. The molecule has 0 aromatic heterocycles. The average molecular weight is 211 g/mol. The lowest BCUT2D eigenvalue weighted by atomic mass is 10.0. The second kappa shape index (κ2) is 6.01. The summed E-state index contributed by atoms with van der Waals surface area (Å²) in [4.78, 5) is 21.8. The molecule has 0 saturated carbocycles. The predicted octanol–water partition coefficient (Wildman–Crippen LogP) is 1.49. The molecule has 0 aliphatic rings. The van der Waals surface area contributed by atoms with E-state index < -0.39 is 11.5 Å². The maximum Gasteiger partial charge on any atom is 0.305 e. The van der Waals surface area contributed by atoms with Gasteiger partial charge < -0.3 is 10.4 Å².